The third-order valence-electron chi connectivity index (χ3n) is 0.867. The van der Waals surface area contributed by atoms with Gasteiger partial charge >= 0.3 is 0 Å². The molecule has 0 unspecified atom stereocenters. The van der Waals surface area contributed by atoms with Crippen molar-refractivity contribution in [1.82, 2.24) is 0 Å². The van der Waals surface area contributed by atoms with Gasteiger partial charge in [0.2, 0.25) is 5.51 Å². The summed E-state index contributed by atoms with van der Waals surface area (Å²) in [5.41, 5.74) is 2.06. The average molecular weight is 206 g/mol. The lowest BCUT2D eigenvalue weighted by molar-refractivity contribution is -0.682. The minimum Gasteiger partial charge on any atom is -1.00 e. The summed E-state index contributed by atoms with van der Waals surface area (Å²) in [6.07, 6.45) is 3.92. The molecule has 9 heavy (non-hydrogen) atoms. The normalized spacial score (nSPS) is 8.00. The van der Waals surface area contributed by atoms with Crippen LogP contribution < -0.4 is 21.5 Å². The van der Waals surface area contributed by atoms with Gasteiger partial charge in [-0.1, -0.05) is 17.9 Å². The zero-order valence-corrected chi connectivity index (χ0v) is 7.36. The van der Waals surface area contributed by atoms with Crippen molar-refractivity contribution in [3.63, 3.8) is 0 Å². The predicted octanol–water partition coefficient (Wildman–Crippen LogP) is -1.77. The van der Waals surface area contributed by atoms with Crippen LogP contribution in [0.15, 0.2) is 29.7 Å². The second-order valence-corrected chi connectivity index (χ2v) is 2.27. The van der Waals surface area contributed by atoms with Gasteiger partial charge in [0.1, 0.15) is 0 Å². The number of aromatic nitrogens is 1. The number of allylic oxidation sites excluding steroid dienone is 1. The first-order valence-corrected chi connectivity index (χ1v) is 3.40. The summed E-state index contributed by atoms with van der Waals surface area (Å²) in [6.45, 7) is 4.54. The standard InChI is InChI=1S/C6H8NS.BrH/c1-2-3-7-4-5-8-6-7;/h2,4-6H,1,3H2;1H/q+1;/p-1. The van der Waals surface area contributed by atoms with E-state index in [2.05, 4.69) is 16.7 Å². The second kappa shape index (κ2) is 4.70. The minimum absolute atomic E-state index is 0. The highest BCUT2D eigenvalue weighted by Gasteiger charge is 1.91. The molecule has 0 N–H and O–H groups in total. The predicted molar refractivity (Wildman–Crippen MR) is 34.7 cm³/mol. The maximum absolute atomic E-state index is 3.62. The fourth-order valence-corrected chi connectivity index (χ4v) is 1.12. The lowest BCUT2D eigenvalue weighted by Crippen LogP contribution is -3.00. The van der Waals surface area contributed by atoms with Crippen LogP contribution in [0.1, 0.15) is 0 Å². The van der Waals surface area contributed by atoms with Gasteiger partial charge in [-0.3, -0.25) is 0 Å². The Morgan fingerprint density at radius 1 is 1.67 bits per heavy atom. The van der Waals surface area contributed by atoms with Crippen molar-refractivity contribution in [1.29, 1.82) is 0 Å². The Labute approximate surface area is 69.4 Å². The molecule has 0 aromatic carbocycles. The van der Waals surface area contributed by atoms with Gasteiger partial charge in [0.05, 0.1) is 5.38 Å². The van der Waals surface area contributed by atoms with E-state index < -0.39 is 0 Å². The lowest BCUT2D eigenvalue weighted by Gasteiger charge is -1.77. The highest BCUT2D eigenvalue weighted by molar-refractivity contribution is 7.07. The first kappa shape index (κ1) is 8.85. The molecule has 1 heterocycles. The van der Waals surface area contributed by atoms with Crippen molar-refractivity contribution < 1.29 is 21.5 Å². The van der Waals surface area contributed by atoms with Crippen LogP contribution in [-0.2, 0) is 6.54 Å². The zero-order chi connectivity index (χ0) is 5.82. The van der Waals surface area contributed by atoms with Gasteiger partial charge in [-0.15, -0.1) is 0 Å². The van der Waals surface area contributed by atoms with Gasteiger partial charge in [-0.05, 0) is 6.08 Å². The van der Waals surface area contributed by atoms with Crippen molar-refractivity contribution in [2.45, 2.75) is 6.54 Å². The molecular formula is C6H8BrNS. The van der Waals surface area contributed by atoms with Crippen molar-refractivity contribution in [2.24, 2.45) is 0 Å². The number of hydrogen-bond donors (Lipinski definition) is 0. The van der Waals surface area contributed by atoms with Gasteiger partial charge in [0, 0.05) is 0 Å². The smallest absolute Gasteiger partial charge is 0.224 e. The minimum atomic E-state index is 0. The molecule has 0 aliphatic heterocycles. The number of hydrogen-bond acceptors (Lipinski definition) is 1. The Morgan fingerprint density at radius 3 is 2.89 bits per heavy atom. The van der Waals surface area contributed by atoms with Crippen LogP contribution in [0.3, 0.4) is 0 Å². The summed E-state index contributed by atoms with van der Waals surface area (Å²) in [5.74, 6) is 0. The van der Waals surface area contributed by atoms with E-state index in [9.17, 15) is 0 Å². The summed E-state index contributed by atoms with van der Waals surface area (Å²) in [5, 5.41) is 2.05. The fraction of sp³-hybridized carbons (Fsp3) is 0.167. The van der Waals surface area contributed by atoms with E-state index in [1.165, 1.54) is 0 Å². The summed E-state index contributed by atoms with van der Waals surface area (Å²) < 4.78 is 2.08. The molecule has 0 amide bonds. The van der Waals surface area contributed by atoms with Crippen LogP contribution >= 0.6 is 11.3 Å². The number of halogens is 1. The van der Waals surface area contributed by atoms with Crippen molar-refractivity contribution in [3.05, 3.63) is 29.7 Å². The van der Waals surface area contributed by atoms with Crippen molar-refractivity contribution in [3.8, 4) is 0 Å². The van der Waals surface area contributed by atoms with Crippen molar-refractivity contribution in [2.75, 3.05) is 0 Å². The lowest BCUT2D eigenvalue weighted by atomic mass is 10.6. The molecule has 3 heteroatoms. The molecule has 1 aromatic rings. The molecule has 0 radical (unpaired) electrons. The number of rotatable bonds is 2. The van der Waals surface area contributed by atoms with Crippen LogP contribution in [0, 0.1) is 0 Å². The van der Waals surface area contributed by atoms with Gasteiger partial charge < -0.3 is 17.0 Å². The topological polar surface area (TPSA) is 3.88 Å². The zero-order valence-electron chi connectivity index (χ0n) is 4.96. The van der Waals surface area contributed by atoms with Crippen LogP contribution in [0.4, 0.5) is 0 Å². The quantitative estimate of drug-likeness (QED) is 0.398. The average Bonchev–Trinajstić information content (AvgIpc) is 2.19. The van der Waals surface area contributed by atoms with Crippen molar-refractivity contribution >= 4 is 11.3 Å². The van der Waals surface area contributed by atoms with Crippen LogP contribution in [-0.4, -0.2) is 0 Å². The molecular weight excluding hydrogens is 198 g/mol. The SMILES string of the molecule is C=CC[n+]1ccsc1.[Br-]. The Bertz CT molecular complexity index is 160. The van der Waals surface area contributed by atoms with Crippen LogP contribution in [0.5, 0.6) is 0 Å². The number of thiazole rings is 1. The monoisotopic (exact) mass is 205 g/mol. The van der Waals surface area contributed by atoms with E-state index in [-0.39, 0.29) is 17.0 Å². The summed E-state index contributed by atoms with van der Waals surface area (Å²) in [7, 11) is 0. The molecule has 0 fully saturated rings. The molecule has 1 nitrogen and oxygen atoms in total. The molecule has 0 saturated carbocycles. The highest BCUT2D eigenvalue weighted by Crippen LogP contribution is 1.86. The summed E-state index contributed by atoms with van der Waals surface area (Å²) in [4.78, 5) is 0. The molecule has 0 aliphatic carbocycles. The maximum atomic E-state index is 3.62. The van der Waals surface area contributed by atoms with E-state index in [0.717, 1.165) is 6.54 Å². The first-order chi connectivity index (χ1) is 3.93. The highest BCUT2D eigenvalue weighted by atomic mass is 79.9. The van der Waals surface area contributed by atoms with E-state index in [0.29, 0.717) is 0 Å². The molecule has 0 saturated heterocycles. The summed E-state index contributed by atoms with van der Waals surface area (Å²) in [6, 6.07) is 0. The van der Waals surface area contributed by atoms with Gasteiger partial charge in [-0.25, -0.2) is 0 Å². The molecule has 50 valence electrons. The van der Waals surface area contributed by atoms with E-state index >= 15 is 0 Å². The van der Waals surface area contributed by atoms with E-state index in [1.54, 1.807) is 11.3 Å². The first-order valence-electron chi connectivity index (χ1n) is 2.45. The van der Waals surface area contributed by atoms with E-state index in [1.807, 2.05) is 17.7 Å². The molecule has 0 spiro atoms. The third-order valence-corrected chi connectivity index (χ3v) is 1.54. The Kier molecular flexibility index (Phi) is 4.62. The molecule has 0 atom stereocenters. The Morgan fingerprint density at radius 2 is 2.44 bits per heavy atom. The Balaban J connectivity index is 0.000000640. The van der Waals surface area contributed by atoms with Gasteiger partial charge in [0.15, 0.2) is 12.7 Å². The Hall–Kier alpha value is -0.150. The van der Waals surface area contributed by atoms with Gasteiger partial charge in [0.25, 0.3) is 0 Å². The summed E-state index contributed by atoms with van der Waals surface area (Å²) >= 11 is 1.69. The van der Waals surface area contributed by atoms with Crippen LogP contribution in [0.25, 0.3) is 0 Å². The third kappa shape index (κ3) is 2.77. The fourth-order valence-electron chi connectivity index (χ4n) is 0.515. The van der Waals surface area contributed by atoms with Gasteiger partial charge in [-0.2, -0.15) is 4.57 Å². The molecule has 0 aliphatic rings. The second-order valence-electron chi connectivity index (χ2n) is 1.51. The molecule has 0 bridgehead atoms. The van der Waals surface area contributed by atoms with Crippen LogP contribution in [0.2, 0.25) is 0 Å². The molecule has 1 aromatic heterocycles. The largest absolute Gasteiger partial charge is 1.00 e. The maximum Gasteiger partial charge on any atom is 0.224 e. The van der Waals surface area contributed by atoms with E-state index in [4.69, 9.17) is 0 Å². The number of nitrogens with zero attached hydrogens (tertiary/aromatic N) is 1. The molecule has 1 rings (SSSR count).